The molecule has 0 aromatic heterocycles. The van der Waals surface area contributed by atoms with E-state index in [4.69, 9.17) is 4.42 Å². The van der Waals surface area contributed by atoms with Crippen LogP contribution in [0.15, 0.2) is 94.1 Å². The van der Waals surface area contributed by atoms with E-state index in [0.29, 0.717) is 35.8 Å². The minimum absolute atomic E-state index is 0.00719. The van der Waals surface area contributed by atoms with Gasteiger partial charge in [0, 0.05) is 67.2 Å². The number of phenols is 1. The van der Waals surface area contributed by atoms with Crippen LogP contribution >= 0.6 is 0 Å². The number of nitrogens with one attached hydrogen (secondary N) is 7. The van der Waals surface area contributed by atoms with E-state index in [2.05, 4.69) is 31.9 Å². The Kier molecular flexibility index (Phi) is 20.8. The molecular formula is C53H60F3N7O12. The van der Waals surface area contributed by atoms with Gasteiger partial charge in [-0.2, -0.15) is 13.2 Å². The standard InChI is InChI=1S/C53H60F3N7O12/c1-30(2)24-40(49(70)60-29-45(67)61-39(14-9-11-23-59-52(74)53(54,55)56)50(71)63-41(48(69)57-3)25-31-12-6-4-7-13-31)62-44(66)15-8-5-10-22-58-47(68)32-16-19-35(38(26-32)51(72)73)46-36-20-17-33(64)27-42(36)75-43-28-34(65)18-21-37(43)46/h4,6-7,12-13,16-21,26-28,30,39-41,64H,5,8-11,14-15,22-25,29H2,1-3H3,(H,57,69)(H,58,68)(H,59,74)(H,60,70)(H,61,67)(H,62,66)(H,63,71)(H,72,73)/t39-,40+,41+/m1/s1. The molecule has 75 heavy (non-hydrogen) atoms. The molecule has 19 nitrogen and oxygen atoms in total. The van der Waals surface area contributed by atoms with Crippen LogP contribution in [0.1, 0.15) is 91.5 Å². The highest BCUT2D eigenvalue weighted by Crippen LogP contribution is 2.42. The smallest absolute Gasteiger partial charge is 0.471 e. The fourth-order valence-electron chi connectivity index (χ4n) is 8.18. The summed E-state index contributed by atoms with van der Waals surface area (Å²) in [5, 5.41) is 38.1. The molecule has 0 saturated carbocycles. The zero-order valence-electron chi connectivity index (χ0n) is 41.5. The molecule has 3 aromatic rings. The molecule has 3 atom stereocenters. The van der Waals surface area contributed by atoms with Crippen LogP contribution in [0.3, 0.4) is 0 Å². The van der Waals surface area contributed by atoms with E-state index in [-0.39, 0.29) is 96.7 Å². The van der Waals surface area contributed by atoms with Crippen molar-refractivity contribution in [1.82, 2.24) is 37.2 Å². The maximum atomic E-state index is 13.6. The molecule has 0 bridgehead atoms. The predicted molar refractivity (Wildman–Crippen MR) is 269 cm³/mol. The zero-order valence-corrected chi connectivity index (χ0v) is 41.5. The van der Waals surface area contributed by atoms with E-state index in [1.54, 1.807) is 41.7 Å². The number of fused-ring (bicyclic) bond motifs is 2. The number of unbranched alkanes of at least 4 members (excludes halogenated alkanes) is 3. The summed E-state index contributed by atoms with van der Waals surface area (Å²) in [6.07, 6.45) is -3.49. The number of aromatic hydroxyl groups is 1. The molecule has 0 unspecified atom stereocenters. The molecule has 22 heteroatoms. The van der Waals surface area contributed by atoms with Gasteiger partial charge < -0.3 is 51.8 Å². The Bertz CT molecular complexity index is 2890. The molecule has 5 rings (SSSR count). The van der Waals surface area contributed by atoms with Crippen molar-refractivity contribution in [2.24, 2.45) is 5.92 Å². The molecule has 2 aliphatic rings. The Labute approximate surface area is 429 Å². The second-order valence-corrected chi connectivity index (χ2v) is 18.1. The van der Waals surface area contributed by atoms with Crippen molar-refractivity contribution >= 4 is 58.3 Å². The van der Waals surface area contributed by atoms with E-state index in [9.17, 15) is 66.5 Å². The van der Waals surface area contributed by atoms with E-state index >= 15 is 0 Å². The first-order valence-electron chi connectivity index (χ1n) is 24.3. The summed E-state index contributed by atoms with van der Waals surface area (Å²) >= 11 is 0. The Morgan fingerprint density at radius 1 is 0.680 bits per heavy atom. The van der Waals surface area contributed by atoms with Crippen LogP contribution in [0.4, 0.5) is 13.2 Å². The molecule has 3 aromatic carbocycles. The van der Waals surface area contributed by atoms with E-state index < -0.39 is 78.2 Å². The number of phenolic OH excluding ortho intramolecular Hbond substituents is 1. The molecule has 1 aliphatic carbocycles. The number of aromatic carboxylic acids is 1. The van der Waals surface area contributed by atoms with E-state index in [0.717, 1.165) is 5.56 Å². The number of alkyl halides is 3. The topological polar surface area (TPSA) is 291 Å². The van der Waals surface area contributed by atoms with Gasteiger partial charge in [0.25, 0.3) is 5.91 Å². The minimum Gasteiger partial charge on any atom is -0.508 e. The average Bonchev–Trinajstić information content (AvgIpc) is 3.36. The number of hydrogen-bond donors (Lipinski definition) is 9. The molecule has 9 N–H and O–H groups in total. The van der Waals surface area contributed by atoms with Crippen LogP contribution in [0, 0.1) is 5.92 Å². The van der Waals surface area contributed by atoms with Crippen LogP contribution in [0.2, 0.25) is 0 Å². The molecule has 0 saturated heterocycles. The molecule has 0 fully saturated rings. The van der Waals surface area contributed by atoms with Crippen LogP contribution in [0.25, 0.3) is 33.4 Å². The van der Waals surface area contributed by atoms with Gasteiger partial charge in [-0.25, -0.2) is 4.79 Å². The maximum absolute atomic E-state index is 13.6. The van der Waals surface area contributed by atoms with Gasteiger partial charge in [0.05, 0.1) is 12.1 Å². The number of carboxylic acid groups (broad SMARTS) is 1. The fourth-order valence-corrected chi connectivity index (χ4v) is 8.18. The summed E-state index contributed by atoms with van der Waals surface area (Å²) in [4.78, 5) is 115. The molecular weight excluding hydrogens is 984 g/mol. The first-order chi connectivity index (χ1) is 35.6. The monoisotopic (exact) mass is 1040 g/mol. The van der Waals surface area contributed by atoms with Crippen molar-refractivity contribution in [3.8, 4) is 28.2 Å². The molecule has 7 amide bonds. The van der Waals surface area contributed by atoms with Gasteiger partial charge >= 0.3 is 18.1 Å². The van der Waals surface area contributed by atoms with Gasteiger partial charge in [-0.3, -0.25) is 38.4 Å². The number of likely N-dealkylation sites (N-methyl/N-ethyl adjacent to an activating group) is 1. The average molecular weight is 1040 g/mol. The lowest BCUT2D eigenvalue weighted by Gasteiger charge is -2.24. The molecule has 0 spiro atoms. The molecule has 0 radical (unpaired) electrons. The highest BCUT2D eigenvalue weighted by molar-refractivity contribution is 6.09. The van der Waals surface area contributed by atoms with Crippen molar-refractivity contribution in [3.05, 3.63) is 112 Å². The number of rotatable bonds is 26. The summed E-state index contributed by atoms with van der Waals surface area (Å²) in [5.41, 5.74) is 1.59. The summed E-state index contributed by atoms with van der Waals surface area (Å²) < 4.78 is 43.8. The predicted octanol–water partition coefficient (Wildman–Crippen LogP) is 4.71. The van der Waals surface area contributed by atoms with Gasteiger partial charge in [-0.15, -0.1) is 0 Å². The van der Waals surface area contributed by atoms with Crippen molar-refractivity contribution in [2.45, 2.75) is 95.9 Å². The van der Waals surface area contributed by atoms with Gasteiger partial charge in [-0.05, 0) is 92.0 Å². The van der Waals surface area contributed by atoms with Gasteiger partial charge in [0.2, 0.25) is 29.5 Å². The number of carboxylic acids is 1. The first kappa shape index (κ1) is 57.6. The van der Waals surface area contributed by atoms with Crippen LogP contribution in [-0.4, -0.2) is 109 Å². The van der Waals surface area contributed by atoms with Gasteiger partial charge in [0.1, 0.15) is 35.2 Å². The van der Waals surface area contributed by atoms with Crippen LogP contribution < -0.4 is 42.6 Å². The summed E-state index contributed by atoms with van der Waals surface area (Å²) in [6.45, 7) is 2.85. The lowest BCUT2D eigenvalue weighted by Crippen LogP contribution is -2.55. The van der Waals surface area contributed by atoms with Crippen molar-refractivity contribution in [3.63, 3.8) is 0 Å². The fraction of sp³-hybridized carbons (Fsp3) is 0.377. The van der Waals surface area contributed by atoms with Crippen LogP contribution in [0.5, 0.6) is 5.75 Å². The number of hydrogen-bond acceptors (Lipinski definition) is 11. The van der Waals surface area contributed by atoms with Crippen LogP contribution in [-0.2, 0) is 35.2 Å². The second-order valence-electron chi connectivity index (χ2n) is 18.1. The Hall–Kier alpha value is -8.30. The summed E-state index contributed by atoms with van der Waals surface area (Å²) in [6, 6.07) is 18.0. The number of amides is 7. The largest absolute Gasteiger partial charge is 0.508 e. The number of carbonyl (C=O) groups excluding carboxylic acids is 7. The highest BCUT2D eigenvalue weighted by atomic mass is 19.4. The lowest BCUT2D eigenvalue weighted by molar-refractivity contribution is -0.173. The highest BCUT2D eigenvalue weighted by Gasteiger charge is 2.38. The lowest BCUT2D eigenvalue weighted by atomic mass is 9.90. The Morgan fingerprint density at radius 2 is 1.37 bits per heavy atom. The third-order valence-corrected chi connectivity index (χ3v) is 11.9. The zero-order chi connectivity index (χ0) is 54.8. The van der Waals surface area contributed by atoms with Gasteiger partial charge in [-0.1, -0.05) is 56.7 Å². The van der Waals surface area contributed by atoms with Crippen molar-refractivity contribution < 1.29 is 66.2 Å². The van der Waals surface area contributed by atoms with E-state index in [1.165, 1.54) is 55.6 Å². The third kappa shape index (κ3) is 17.1. The van der Waals surface area contributed by atoms with Crippen molar-refractivity contribution in [2.75, 3.05) is 26.7 Å². The quantitative estimate of drug-likeness (QED) is 0.0269. The molecule has 400 valence electrons. The SMILES string of the molecule is CNC(=O)[C@H](Cc1ccccc1)NC(=O)[C@@H](CCCCNC(=O)C(F)(F)F)NC(=O)CNC(=O)[C@H](CC(C)C)NC(=O)CCCCCNC(=O)c1ccc(-c2c3ccc(=O)cc-3oc3cc(O)ccc23)c(C(=O)O)c1. The summed E-state index contributed by atoms with van der Waals surface area (Å²) in [7, 11) is 1.38. The van der Waals surface area contributed by atoms with E-state index in [1.807, 2.05) is 13.8 Å². The summed E-state index contributed by atoms with van der Waals surface area (Å²) in [5.74, 6) is -7.24. The maximum Gasteiger partial charge on any atom is 0.471 e. The number of benzene rings is 4. The van der Waals surface area contributed by atoms with Gasteiger partial charge in [0.15, 0.2) is 5.43 Å². The first-order valence-corrected chi connectivity index (χ1v) is 24.3. The normalized spacial score (nSPS) is 12.5. The minimum atomic E-state index is -5.08. The van der Waals surface area contributed by atoms with Crippen molar-refractivity contribution in [1.29, 1.82) is 0 Å². The second kappa shape index (κ2) is 27.1. The molecule has 1 heterocycles. The third-order valence-electron chi connectivity index (χ3n) is 11.9. The Balaban J connectivity index is 1.12. The number of halogens is 3. The molecule has 1 aliphatic heterocycles. The Morgan fingerprint density at radius 3 is 2.07 bits per heavy atom. The number of carbonyl (C=O) groups is 8.